The molecule has 1 atom stereocenters. The van der Waals surface area contributed by atoms with Crippen molar-refractivity contribution in [3.8, 4) is 22.5 Å². The van der Waals surface area contributed by atoms with Crippen LogP contribution in [0.15, 0.2) is 60.8 Å². The molecule has 2 aromatic heterocycles. The minimum Gasteiger partial charge on any atom is -0.368 e. The van der Waals surface area contributed by atoms with Crippen LogP contribution >= 0.6 is 0 Å². The van der Waals surface area contributed by atoms with E-state index in [1.54, 1.807) is 41.4 Å². The molecule has 4 aromatic rings. The van der Waals surface area contributed by atoms with Crippen LogP contribution in [-0.2, 0) is 16.0 Å². The van der Waals surface area contributed by atoms with Crippen molar-refractivity contribution in [3.63, 3.8) is 0 Å². The summed E-state index contributed by atoms with van der Waals surface area (Å²) in [7, 11) is 0. The van der Waals surface area contributed by atoms with Gasteiger partial charge in [-0.1, -0.05) is 38.1 Å². The fourth-order valence-electron chi connectivity index (χ4n) is 6.84. The lowest BCUT2D eigenvalue weighted by molar-refractivity contribution is -0.127. The van der Waals surface area contributed by atoms with Gasteiger partial charge in [0.05, 0.1) is 0 Å². The fourth-order valence-corrected chi connectivity index (χ4v) is 6.84. The minimum atomic E-state index is -0.917. The monoisotopic (exact) mass is 694 g/mol. The lowest BCUT2D eigenvalue weighted by Gasteiger charge is -2.35. The number of carbonyl (C=O) groups excluding carboxylic acids is 3. The zero-order valence-corrected chi connectivity index (χ0v) is 29.8. The van der Waals surface area contributed by atoms with E-state index < -0.39 is 11.9 Å². The summed E-state index contributed by atoms with van der Waals surface area (Å²) in [5, 5.41) is 17.1. The third kappa shape index (κ3) is 9.41. The maximum atomic E-state index is 14.2. The first-order chi connectivity index (χ1) is 24.7. The number of rotatable bonds is 16. The van der Waals surface area contributed by atoms with Gasteiger partial charge in [0.15, 0.2) is 0 Å². The Labute approximate surface area is 299 Å². The van der Waals surface area contributed by atoms with Crippen molar-refractivity contribution in [1.82, 2.24) is 35.8 Å². The number of pyridine rings is 1. The number of nitrogens with zero attached hydrogens (tertiary/aromatic N) is 6. The summed E-state index contributed by atoms with van der Waals surface area (Å²) in [6.07, 6.45) is 6.00. The van der Waals surface area contributed by atoms with Crippen LogP contribution in [0.5, 0.6) is 0 Å². The molecule has 3 amide bonds. The van der Waals surface area contributed by atoms with Crippen molar-refractivity contribution >= 4 is 23.4 Å². The first kappa shape index (κ1) is 37.3. The number of aromatic amines is 1. The number of benzene rings is 2. The highest BCUT2D eigenvalue weighted by Gasteiger charge is 2.36. The lowest BCUT2D eigenvalue weighted by atomic mass is 9.81. The predicted molar refractivity (Wildman–Crippen MR) is 197 cm³/mol. The van der Waals surface area contributed by atoms with Crippen molar-refractivity contribution in [1.29, 1.82) is 0 Å². The van der Waals surface area contributed by atoms with E-state index in [0.29, 0.717) is 49.1 Å². The van der Waals surface area contributed by atoms with Gasteiger partial charge in [0.1, 0.15) is 11.7 Å². The number of anilines is 1. The van der Waals surface area contributed by atoms with Crippen LogP contribution in [-0.4, -0.2) is 87.0 Å². The topological polar surface area (TPSA) is 189 Å². The number of aromatic nitrogens is 5. The molecule has 0 saturated heterocycles. The maximum Gasteiger partial charge on any atom is 0.269 e. The van der Waals surface area contributed by atoms with Crippen molar-refractivity contribution in [2.75, 3.05) is 37.6 Å². The number of carbonyl (C=O) groups is 3. The number of H-pyrrole nitrogens is 1. The summed E-state index contributed by atoms with van der Waals surface area (Å²) in [6, 6.07) is 15.9. The second-order valence-electron chi connectivity index (χ2n) is 13.3. The molecule has 1 saturated carbocycles. The maximum absolute atomic E-state index is 14.2. The van der Waals surface area contributed by atoms with Gasteiger partial charge in [-0.05, 0) is 123 Å². The molecule has 0 bridgehead atoms. The van der Waals surface area contributed by atoms with E-state index >= 15 is 0 Å². The molecule has 270 valence electrons. The van der Waals surface area contributed by atoms with Crippen LogP contribution < -0.4 is 21.7 Å². The van der Waals surface area contributed by atoms with Crippen molar-refractivity contribution in [2.45, 2.75) is 65.3 Å². The highest BCUT2D eigenvalue weighted by Crippen LogP contribution is 2.33. The summed E-state index contributed by atoms with van der Waals surface area (Å²) in [4.78, 5) is 48.5. The molecule has 5 rings (SSSR count). The molecule has 0 spiro atoms. The Hall–Kier alpha value is -5.01. The molecule has 51 heavy (non-hydrogen) atoms. The van der Waals surface area contributed by atoms with E-state index in [0.717, 1.165) is 66.7 Å². The third-order valence-electron chi connectivity index (χ3n) is 10.0. The molecule has 2 aromatic carbocycles. The van der Waals surface area contributed by atoms with Gasteiger partial charge >= 0.3 is 0 Å². The summed E-state index contributed by atoms with van der Waals surface area (Å²) in [5.74, 6) is -0.298. The number of nitrogens with two attached hydrogens (primary N) is 2. The lowest BCUT2D eigenvalue weighted by Crippen LogP contribution is -2.52. The van der Waals surface area contributed by atoms with Gasteiger partial charge in [-0.3, -0.25) is 24.3 Å². The van der Waals surface area contributed by atoms with E-state index in [1.165, 1.54) is 0 Å². The van der Waals surface area contributed by atoms with Crippen LogP contribution in [0.3, 0.4) is 0 Å². The van der Waals surface area contributed by atoms with Crippen molar-refractivity contribution in [2.24, 2.45) is 23.3 Å². The second kappa shape index (κ2) is 17.8. The molecule has 1 aliphatic rings. The first-order valence-electron chi connectivity index (χ1n) is 17.9. The third-order valence-corrected chi connectivity index (χ3v) is 10.0. The van der Waals surface area contributed by atoms with Gasteiger partial charge in [0, 0.05) is 41.9 Å². The Morgan fingerprint density at radius 1 is 0.980 bits per heavy atom. The fraction of sp³-hybridized carbons (Fsp3) is 0.447. The van der Waals surface area contributed by atoms with Gasteiger partial charge in [-0.15, -0.1) is 10.2 Å². The molecule has 0 unspecified atom stereocenters. The Morgan fingerprint density at radius 3 is 2.25 bits per heavy atom. The number of tetrazole rings is 1. The molecule has 2 heterocycles. The number of aryl methyl sites for hydroxylation is 1. The molecule has 0 aliphatic heterocycles. The highest BCUT2D eigenvalue weighted by atomic mass is 16.2. The molecule has 6 N–H and O–H groups in total. The summed E-state index contributed by atoms with van der Waals surface area (Å²) in [5.41, 5.74) is 17.2. The molecule has 1 aliphatic carbocycles. The zero-order valence-electron chi connectivity index (χ0n) is 29.8. The van der Waals surface area contributed by atoms with Crippen LogP contribution in [0.4, 0.5) is 5.69 Å². The van der Waals surface area contributed by atoms with Gasteiger partial charge in [0.25, 0.3) is 5.91 Å². The number of nitrogens with one attached hydrogen (secondary N) is 2. The molecule has 1 fully saturated rings. The molecule has 13 nitrogen and oxygen atoms in total. The van der Waals surface area contributed by atoms with Gasteiger partial charge < -0.3 is 21.7 Å². The summed E-state index contributed by atoms with van der Waals surface area (Å²) >= 11 is 0. The molecule has 0 radical (unpaired) electrons. The molecule has 13 heteroatoms. The Kier molecular flexibility index (Phi) is 13.0. The van der Waals surface area contributed by atoms with E-state index in [4.69, 9.17) is 11.5 Å². The second-order valence-corrected chi connectivity index (χ2v) is 13.3. The molecular weight excluding hydrogens is 644 g/mol. The van der Waals surface area contributed by atoms with Gasteiger partial charge in [-0.2, -0.15) is 5.21 Å². The van der Waals surface area contributed by atoms with Gasteiger partial charge in [0.2, 0.25) is 17.6 Å². The average Bonchev–Trinajstić information content (AvgIpc) is 3.70. The minimum absolute atomic E-state index is 0.118. The van der Waals surface area contributed by atoms with Gasteiger partial charge in [-0.25, -0.2) is 0 Å². The van der Waals surface area contributed by atoms with Crippen LogP contribution in [0.1, 0.15) is 67.6 Å². The highest BCUT2D eigenvalue weighted by molar-refractivity contribution is 6.02. The van der Waals surface area contributed by atoms with Crippen molar-refractivity contribution < 1.29 is 14.4 Å². The predicted octanol–water partition coefficient (Wildman–Crippen LogP) is 3.89. The van der Waals surface area contributed by atoms with E-state index in [-0.39, 0.29) is 24.2 Å². The van der Waals surface area contributed by atoms with E-state index in [2.05, 4.69) is 49.7 Å². The van der Waals surface area contributed by atoms with E-state index in [9.17, 15) is 14.4 Å². The zero-order chi connectivity index (χ0) is 36.3. The van der Waals surface area contributed by atoms with Crippen LogP contribution in [0, 0.1) is 18.8 Å². The molecular formula is C38H50N10O3. The quantitative estimate of drug-likeness (QED) is 0.126. The summed E-state index contributed by atoms with van der Waals surface area (Å²) in [6.45, 7) is 10.4. The standard InChI is InChI=1S/C38H50N10O3/c1-4-47(5-2)20-6-19-41-37(50)33-21-25(3)32(24-42-33)28-11-7-26(8-12-28)22-34(35(40)49)48(38(51)30-13-9-27(23-39)10-14-30)31-17-15-29(16-18-31)36-43-45-46-44-36/h7-8,11-12,15-18,21,24,27,30,34H,4-6,9-10,13-14,19-20,22-23,39H2,1-3H3,(H2,40,49)(H,41,50)(H,43,44,45,46)/t27?,30?,34-/m0/s1. The normalized spacial score (nSPS) is 16.5. The number of hydrogen-bond acceptors (Lipinski definition) is 9. The average molecular weight is 695 g/mol. The van der Waals surface area contributed by atoms with Crippen LogP contribution in [0.2, 0.25) is 0 Å². The van der Waals surface area contributed by atoms with E-state index in [1.807, 2.05) is 31.2 Å². The number of hydrogen-bond donors (Lipinski definition) is 4. The van der Waals surface area contributed by atoms with Crippen molar-refractivity contribution in [3.05, 3.63) is 77.6 Å². The summed E-state index contributed by atoms with van der Waals surface area (Å²) < 4.78 is 0. The Balaban J connectivity index is 1.32. The first-order valence-corrected chi connectivity index (χ1v) is 17.9. The Bertz CT molecular complexity index is 1730. The smallest absolute Gasteiger partial charge is 0.269 e. The van der Waals surface area contributed by atoms with Crippen LogP contribution in [0.25, 0.3) is 22.5 Å². The number of amides is 3. The Morgan fingerprint density at radius 2 is 1.67 bits per heavy atom. The number of primary amides is 1. The SMILES string of the molecule is CCN(CC)CCCNC(=O)c1cc(C)c(-c2ccc(C[C@@H](C(N)=O)N(C(=O)C3CCC(CN)CC3)c3ccc(-c4nn[nH]n4)cc3)cc2)cn1. The largest absolute Gasteiger partial charge is 0.368 e.